The molecule has 0 spiro atoms. The molecular formula is C12H23N3O. The molecule has 1 N–H and O–H groups in total. The zero-order valence-electron chi connectivity index (χ0n) is 10.7. The molecule has 0 radical (unpaired) electrons. The number of aromatic nitrogens is 2. The van der Waals surface area contributed by atoms with Crippen molar-refractivity contribution in [2.24, 2.45) is 0 Å². The van der Waals surface area contributed by atoms with Gasteiger partial charge in [-0.3, -0.25) is 0 Å². The first kappa shape index (κ1) is 13.2. The smallest absolute Gasteiger partial charge is 0.122 e. The van der Waals surface area contributed by atoms with Crippen molar-refractivity contribution >= 4 is 0 Å². The van der Waals surface area contributed by atoms with E-state index in [9.17, 15) is 0 Å². The Kier molecular flexibility index (Phi) is 5.49. The van der Waals surface area contributed by atoms with E-state index in [1.54, 1.807) is 0 Å². The Morgan fingerprint density at radius 3 is 2.75 bits per heavy atom. The van der Waals surface area contributed by atoms with Crippen LogP contribution in [0.1, 0.15) is 33.5 Å². The third kappa shape index (κ3) is 4.77. The summed E-state index contributed by atoms with van der Waals surface area (Å²) in [6, 6.07) is 0.483. The first-order chi connectivity index (χ1) is 7.59. The molecule has 0 atom stereocenters. The highest BCUT2D eigenvalue weighted by molar-refractivity contribution is 4.92. The Balaban J connectivity index is 2.38. The molecule has 0 aliphatic rings. The molecule has 1 aromatic rings. The van der Waals surface area contributed by atoms with Crippen LogP contribution in [0.3, 0.4) is 0 Å². The van der Waals surface area contributed by atoms with Crippen molar-refractivity contribution in [3.05, 3.63) is 18.2 Å². The molecular weight excluding hydrogens is 202 g/mol. The van der Waals surface area contributed by atoms with Crippen molar-refractivity contribution < 1.29 is 4.74 Å². The van der Waals surface area contributed by atoms with Crippen LogP contribution in [0.15, 0.2) is 12.4 Å². The summed E-state index contributed by atoms with van der Waals surface area (Å²) in [6.45, 7) is 10.8. The van der Waals surface area contributed by atoms with E-state index >= 15 is 0 Å². The number of nitrogens with one attached hydrogen (secondary N) is 1. The standard InChI is InChI=1S/C12H23N3O/c1-10(2)14-9-12-13-5-6-15(12)7-8-16-11(3)4/h5-6,10-11,14H,7-9H2,1-4H3. The van der Waals surface area contributed by atoms with E-state index in [1.165, 1.54) is 0 Å². The summed E-state index contributed by atoms with van der Waals surface area (Å²) in [5.74, 6) is 1.07. The number of imidazole rings is 1. The van der Waals surface area contributed by atoms with Crippen LogP contribution in [-0.4, -0.2) is 28.3 Å². The molecule has 1 heterocycles. The minimum Gasteiger partial charge on any atom is -0.377 e. The number of nitrogens with zero attached hydrogens (tertiary/aromatic N) is 2. The van der Waals surface area contributed by atoms with Crippen LogP contribution in [0, 0.1) is 0 Å². The summed E-state index contributed by atoms with van der Waals surface area (Å²) in [6.07, 6.45) is 4.13. The van der Waals surface area contributed by atoms with Gasteiger partial charge in [0.1, 0.15) is 5.82 Å². The summed E-state index contributed by atoms with van der Waals surface area (Å²) in [7, 11) is 0. The molecule has 0 bridgehead atoms. The van der Waals surface area contributed by atoms with Crippen LogP contribution in [0.2, 0.25) is 0 Å². The van der Waals surface area contributed by atoms with Crippen molar-refractivity contribution in [1.29, 1.82) is 0 Å². The van der Waals surface area contributed by atoms with Crippen molar-refractivity contribution in [3.63, 3.8) is 0 Å². The van der Waals surface area contributed by atoms with Crippen LogP contribution in [0.25, 0.3) is 0 Å². The molecule has 16 heavy (non-hydrogen) atoms. The highest BCUT2D eigenvalue weighted by Gasteiger charge is 2.03. The molecule has 0 amide bonds. The van der Waals surface area contributed by atoms with Gasteiger partial charge >= 0.3 is 0 Å². The van der Waals surface area contributed by atoms with Gasteiger partial charge in [0.05, 0.1) is 19.3 Å². The van der Waals surface area contributed by atoms with Gasteiger partial charge in [0.2, 0.25) is 0 Å². The summed E-state index contributed by atoms with van der Waals surface area (Å²) >= 11 is 0. The largest absolute Gasteiger partial charge is 0.377 e. The lowest BCUT2D eigenvalue weighted by molar-refractivity contribution is 0.0722. The number of rotatable bonds is 7. The van der Waals surface area contributed by atoms with Crippen LogP contribution in [0.4, 0.5) is 0 Å². The average Bonchev–Trinajstić information content (AvgIpc) is 2.62. The zero-order chi connectivity index (χ0) is 12.0. The van der Waals surface area contributed by atoms with Crippen molar-refractivity contribution in [1.82, 2.24) is 14.9 Å². The summed E-state index contributed by atoms with van der Waals surface area (Å²) in [5.41, 5.74) is 0. The SMILES string of the molecule is CC(C)NCc1nccn1CCOC(C)C. The number of ether oxygens (including phenoxy) is 1. The molecule has 0 saturated carbocycles. The van der Waals surface area contributed by atoms with Gasteiger partial charge in [-0.1, -0.05) is 13.8 Å². The van der Waals surface area contributed by atoms with Crippen LogP contribution < -0.4 is 5.32 Å². The van der Waals surface area contributed by atoms with Gasteiger partial charge in [0.25, 0.3) is 0 Å². The predicted octanol–water partition coefficient (Wildman–Crippen LogP) is 1.81. The molecule has 0 saturated heterocycles. The maximum Gasteiger partial charge on any atom is 0.122 e. The molecule has 4 heteroatoms. The topological polar surface area (TPSA) is 39.1 Å². The molecule has 0 aliphatic carbocycles. The molecule has 1 rings (SSSR count). The second-order valence-corrected chi connectivity index (χ2v) is 4.49. The lowest BCUT2D eigenvalue weighted by Crippen LogP contribution is -2.24. The molecule has 0 fully saturated rings. The summed E-state index contributed by atoms with van der Waals surface area (Å²) in [4.78, 5) is 4.33. The monoisotopic (exact) mass is 225 g/mol. The normalized spacial score (nSPS) is 11.6. The molecule has 92 valence electrons. The third-order valence-electron chi connectivity index (χ3n) is 2.25. The second-order valence-electron chi connectivity index (χ2n) is 4.49. The molecule has 0 unspecified atom stereocenters. The molecule has 1 aromatic heterocycles. The lowest BCUT2D eigenvalue weighted by Gasteiger charge is -2.12. The van der Waals surface area contributed by atoms with Crippen LogP contribution in [-0.2, 0) is 17.8 Å². The van der Waals surface area contributed by atoms with Gasteiger partial charge in [-0.05, 0) is 13.8 Å². The summed E-state index contributed by atoms with van der Waals surface area (Å²) < 4.78 is 7.66. The van der Waals surface area contributed by atoms with E-state index in [4.69, 9.17) is 4.74 Å². The first-order valence-electron chi connectivity index (χ1n) is 5.94. The highest BCUT2D eigenvalue weighted by Crippen LogP contribution is 1.99. The van der Waals surface area contributed by atoms with E-state index in [0.29, 0.717) is 12.1 Å². The van der Waals surface area contributed by atoms with Crippen molar-refractivity contribution in [2.75, 3.05) is 6.61 Å². The molecule has 0 aromatic carbocycles. The minimum absolute atomic E-state index is 0.292. The highest BCUT2D eigenvalue weighted by atomic mass is 16.5. The van der Waals surface area contributed by atoms with Gasteiger partial charge < -0.3 is 14.6 Å². The average molecular weight is 225 g/mol. The maximum absolute atomic E-state index is 5.53. The van der Waals surface area contributed by atoms with Crippen molar-refractivity contribution in [3.8, 4) is 0 Å². The van der Waals surface area contributed by atoms with E-state index in [2.05, 4.69) is 42.6 Å². The Morgan fingerprint density at radius 2 is 2.12 bits per heavy atom. The van der Waals surface area contributed by atoms with Gasteiger partial charge in [-0.2, -0.15) is 0 Å². The Labute approximate surface area is 98.0 Å². The van der Waals surface area contributed by atoms with Gasteiger partial charge in [-0.15, -0.1) is 0 Å². The Hall–Kier alpha value is -0.870. The van der Waals surface area contributed by atoms with Crippen LogP contribution >= 0.6 is 0 Å². The number of hydrogen-bond acceptors (Lipinski definition) is 3. The summed E-state index contributed by atoms with van der Waals surface area (Å²) in [5, 5.41) is 3.36. The van der Waals surface area contributed by atoms with Gasteiger partial charge in [0, 0.05) is 25.0 Å². The quantitative estimate of drug-likeness (QED) is 0.769. The third-order valence-corrected chi connectivity index (χ3v) is 2.25. The molecule has 0 aliphatic heterocycles. The van der Waals surface area contributed by atoms with Crippen LogP contribution in [0.5, 0.6) is 0 Å². The zero-order valence-corrected chi connectivity index (χ0v) is 10.7. The molecule has 4 nitrogen and oxygen atoms in total. The Morgan fingerprint density at radius 1 is 1.38 bits per heavy atom. The van der Waals surface area contributed by atoms with E-state index in [1.807, 2.05) is 12.4 Å². The first-order valence-corrected chi connectivity index (χ1v) is 5.94. The van der Waals surface area contributed by atoms with E-state index in [0.717, 1.165) is 25.5 Å². The van der Waals surface area contributed by atoms with E-state index < -0.39 is 0 Å². The number of hydrogen-bond donors (Lipinski definition) is 1. The lowest BCUT2D eigenvalue weighted by atomic mass is 10.4. The second kappa shape index (κ2) is 6.66. The van der Waals surface area contributed by atoms with Gasteiger partial charge in [0.15, 0.2) is 0 Å². The van der Waals surface area contributed by atoms with E-state index in [-0.39, 0.29) is 0 Å². The Bertz CT molecular complexity index is 294. The predicted molar refractivity (Wildman–Crippen MR) is 65.3 cm³/mol. The van der Waals surface area contributed by atoms with Gasteiger partial charge in [-0.25, -0.2) is 4.98 Å². The fraction of sp³-hybridized carbons (Fsp3) is 0.750. The fourth-order valence-corrected chi connectivity index (χ4v) is 1.39. The fourth-order valence-electron chi connectivity index (χ4n) is 1.39. The minimum atomic E-state index is 0.292. The maximum atomic E-state index is 5.53. The van der Waals surface area contributed by atoms with Crippen molar-refractivity contribution in [2.45, 2.75) is 52.9 Å².